The van der Waals surface area contributed by atoms with Crippen molar-refractivity contribution < 1.29 is 9.90 Å². The van der Waals surface area contributed by atoms with Crippen molar-refractivity contribution in [3.8, 4) is 0 Å². The summed E-state index contributed by atoms with van der Waals surface area (Å²) in [7, 11) is 0. The van der Waals surface area contributed by atoms with Gasteiger partial charge in [-0.25, -0.2) is 0 Å². The summed E-state index contributed by atoms with van der Waals surface area (Å²) in [4.78, 5) is 14.2. The van der Waals surface area contributed by atoms with Gasteiger partial charge in [-0.05, 0) is 43.7 Å². The first-order chi connectivity index (χ1) is 10.00. The molecule has 116 valence electrons. The number of aliphatic hydroxyl groups is 1. The first-order valence-corrected chi connectivity index (χ1v) is 8.08. The van der Waals surface area contributed by atoms with E-state index >= 15 is 0 Å². The Morgan fingerprint density at radius 1 is 1.19 bits per heavy atom. The van der Waals surface area contributed by atoms with Crippen molar-refractivity contribution in [1.82, 2.24) is 4.90 Å². The first-order valence-electron chi connectivity index (χ1n) is 8.08. The van der Waals surface area contributed by atoms with Crippen LogP contribution in [0, 0.1) is 0 Å². The van der Waals surface area contributed by atoms with Gasteiger partial charge in [0.25, 0.3) is 0 Å². The van der Waals surface area contributed by atoms with Crippen LogP contribution in [0.4, 0.5) is 0 Å². The number of unbranched alkanes of at least 4 members (excludes halogenated alkanes) is 1. The second-order valence-electron chi connectivity index (χ2n) is 6.47. The van der Waals surface area contributed by atoms with E-state index in [4.69, 9.17) is 0 Å². The summed E-state index contributed by atoms with van der Waals surface area (Å²) in [5.74, 6) is 0.173. The van der Waals surface area contributed by atoms with Crippen molar-refractivity contribution in [2.24, 2.45) is 0 Å². The lowest BCUT2D eigenvalue weighted by atomic mass is 9.93. The summed E-state index contributed by atoms with van der Waals surface area (Å²) in [6.07, 6.45) is 5.36. The average molecular weight is 289 g/mol. The van der Waals surface area contributed by atoms with E-state index in [0.717, 1.165) is 12.0 Å². The molecule has 0 saturated carbocycles. The van der Waals surface area contributed by atoms with Crippen molar-refractivity contribution in [3.05, 3.63) is 35.4 Å². The predicted molar refractivity (Wildman–Crippen MR) is 85.2 cm³/mol. The van der Waals surface area contributed by atoms with E-state index in [-0.39, 0.29) is 5.91 Å². The summed E-state index contributed by atoms with van der Waals surface area (Å²) >= 11 is 0. The van der Waals surface area contributed by atoms with Crippen LogP contribution in [0.1, 0.15) is 50.7 Å². The van der Waals surface area contributed by atoms with Crippen molar-refractivity contribution >= 4 is 5.91 Å². The Morgan fingerprint density at radius 2 is 1.76 bits per heavy atom. The molecular weight excluding hydrogens is 262 g/mol. The molecule has 0 radical (unpaired) electrons. The summed E-state index contributed by atoms with van der Waals surface area (Å²) in [5.41, 5.74) is 1.83. The van der Waals surface area contributed by atoms with Gasteiger partial charge in [0.05, 0.1) is 12.0 Å². The van der Waals surface area contributed by atoms with E-state index < -0.39 is 5.60 Å². The molecule has 21 heavy (non-hydrogen) atoms. The number of carbonyl (C=O) groups is 1. The van der Waals surface area contributed by atoms with E-state index in [1.807, 2.05) is 11.8 Å². The van der Waals surface area contributed by atoms with Crippen LogP contribution < -0.4 is 0 Å². The Morgan fingerprint density at radius 3 is 2.33 bits per heavy atom. The molecule has 0 bridgehead atoms. The molecule has 1 N–H and O–H groups in total. The number of likely N-dealkylation sites (tertiary alicyclic amines) is 1. The highest BCUT2D eigenvalue weighted by molar-refractivity contribution is 5.78. The molecule has 1 heterocycles. The summed E-state index contributed by atoms with van der Waals surface area (Å²) in [6, 6.07) is 8.42. The lowest BCUT2D eigenvalue weighted by Crippen LogP contribution is -2.45. The zero-order valence-electron chi connectivity index (χ0n) is 13.3. The van der Waals surface area contributed by atoms with Gasteiger partial charge in [0.1, 0.15) is 0 Å². The Bertz CT molecular complexity index is 455. The van der Waals surface area contributed by atoms with Crippen LogP contribution in [0.3, 0.4) is 0 Å². The summed E-state index contributed by atoms with van der Waals surface area (Å²) in [5, 5.41) is 9.93. The molecule has 3 heteroatoms. The molecule has 1 aromatic carbocycles. The molecule has 1 saturated heterocycles. The molecule has 1 aliphatic rings. The molecule has 0 unspecified atom stereocenters. The van der Waals surface area contributed by atoms with Crippen molar-refractivity contribution in [1.29, 1.82) is 0 Å². The number of aryl methyl sites for hydroxylation is 1. The molecule has 1 amide bonds. The van der Waals surface area contributed by atoms with Gasteiger partial charge in [-0.2, -0.15) is 0 Å². The van der Waals surface area contributed by atoms with Gasteiger partial charge in [-0.15, -0.1) is 0 Å². The Hall–Kier alpha value is -1.35. The number of carbonyl (C=O) groups excluding carboxylic acids is 1. The van der Waals surface area contributed by atoms with Crippen LogP contribution in [0.25, 0.3) is 0 Å². The van der Waals surface area contributed by atoms with Crippen LogP contribution in [0.2, 0.25) is 0 Å². The fourth-order valence-electron chi connectivity index (χ4n) is 2.73. The monoisotopic (exact) mass is 289 g/mol. The highest BCUT2D eigenvalue weighted by atomic mass is 16.3. The standard InChI is InChI=1S/C18H27NO2/c1-3-4-5-15-6-8-16(9-7-15)14-17(20)19-12-10-18(2,21)11-13-19/h6-9,21H,3-5,10-14H2,1-2H3. The minimum Gasteiger partial charge on any atom is -0.390 e. The summed E-state index contributed by atoms with van der Waals surface area (Å²) in [6.45, 7) is 5.38. The van der Waals surface area contributed by atoms with Crippen LogP contribution in [-0.4, -0.2) is 34.6 Å². The SMILES string of the molecule is CCCCc1ccc(CC(=O)N2CCC(C)(O)CC2)cc1. The number of piperidine rings is 1. The lowest BCUT2D eigenvalue weighted by Gasteiger charge is -2.35. The van der Waals surface area contributed by atoms with E-state index in [0.29, 0.717) is 32.4 Å². The fourth-order valence-corrected chi connectivity index (χ4v) is 2.73. The third kappa shape index (κ3) is 4.85. The fraction of sp³-hybridized carbons (Fsp3) is 0.611. The molecular formula is C18H27NO2. The van der Waals surface area contributed by atoms with Gasteiger partial charge >= 0.3 is 0 Å². The average Bonchev–Trinajstić information content (AvgIpc) is 2.46. The molecule has 2 rings (SSSR count). The van der Waals surface area contributed by atoms with Crippen molar-refractivity contribution in [2.45, 2.75) is 58.0 Å². The third-order valence-corrected chi connectivity index (χ3v) is 4.39. The number of benzene rings is 1. The van der Waals surface area contributed by atoms with Crippen molar-refractivity contribution in [2.75, 3.05) is 13.1 Å². The molecule has 1 aromatic rings. The van der Waals surface area contributed by atoms with Crippen LogP contribution in [0.5, 0.6) is 0 Å². The quantitative estimate of drug-likeness (QED) is 0.905. The van der Waals surface area contributed by atoms with Gasteiger partial charge in [0.2, 0.25) is 5.91 Å². The Labute approximate surface area is 128 Å². The molecule has 0 aromatic heterocycles. The minimum atomic E-state index is -0.599. The number of amides is 1. The zero-order valence-corrected chi connectivity index (χ0v) is 13.3. The van der Waals surface area contributed by atoms with E-state index in [1.54, 1.807) is 0 Å². The molecule has 1 aliphatic heterocycles. The van der Waals surface area contributed by atoms with Gasteiger partial charge in [-0.1, -0.05) is 37.6 Å². The second-order valence-corrected chi connectivity index (χ2v) is 6.47. The highest BCUT2D eigenvalue weighted by Gasteiger charge is 2.29. The smallest absolute Gasteiger partial charge is 0.226 e. The molecule has 0 atom stereocenters. The Balaban J connectivity index is 1.85. The predicted octanol–water partition coefficient (Wildman–Crippen LogP) is 2.95. The number of hydrogen-bond acceptors (Lipinski definition) is 2. The van der Waals surface area contributed by atoms with E-state index in [1.165, 1.54) is 18.4 Å². The number of hydrogen-bond donors (Lipinski definition) is 1. The topological polar surface area (TPSA) is 40.5 Å². The van der Waals surface area contributed by atoms with Crippen LogP contribution in [-0.2, 0) is 17.6 Å². The van der Waals surface area contributed by atoms with Gasteiger partial charge in [-0.3, -0.25) is 4.79 Å². The highest BCUT2D eigenvalue weighted by Crippen LogP contribution is 2.21. The maximum Gasteiger partial charge on any atom is 0.226 e. The summed E-state index contributed by atoms with van der Waals surface area (Å²) < 4.78 is 0. The van der Waals surface area contributed by atoms with Crippen LogP contribution in [0.15, 0.2) is 24.3 Å². The molecule has 0 spiro atoms. The van der Waals surface area contributed by atoms with Crippen molar-refractivity contribution in [3.63, 3.8) is 0 Å². The van der Waals surface area contributed by atoms with Gasteiger partial charge in [0, 0.05) is 13.1 Å². The number of rotatable bonds is 5. The second kappa shape index (κ2) is 7.08. The van der Waals surface area contributed by atoms with E-state index in [2.05, 4.69) is 31.2 Å². The van der Waals surface area contributed by atoms with Gasteiger partial charge < -0.3 is 10.0 Å². The molecule has 3 nitrogen and oxygen atoms in total. The molecule has 1 fully saturated rings. The van der Waals surface area contributed by atoms with Gasteiger partial charge in [0.15, 0.2) is 0 Å². The zero-order chi connectivity index (χ0) is 15.3. The van der Waals surface area contributed by atoms with E-state index in [9.17, 15) is 9.90 Å². The van der Waals surface area contributed by atoms with Crippen LogP contribution >= 0.6 is 0 Å². The number of nitrogens with zero attached hydrogens (tertiary/aromatic N) is 1. The lowest BCUT2D eigenvalue weighted by molar-refractivity contribution is -0.134. The first kappa shape index (κ1) is 16.0. The maximum atomic E-state index is 12.3. The molecule has 0 aliphatic carbocycles. The normalized spacial score (nSPS) is 17.8. The third-order valence-electron chi connectivity index (χ3n) is 4.39. The largest absolute Gasteiger partial charge is 0.390 e. The maximum absolute atomic E-state index is 12.3. The Kier molecular flexibility index (Phi) is 5.40. The minimum absolute atomic E-state index is 0.173.